The van der Waals surface area contributed by atoms with Crippen molar-refractivity contribution >= 4 is 34.2 Å². The summed E-state index contributed by atoms with van der Waals surface area (Å²) in [6.45, 7) is 5.24. The quantitative estimate of drug-likeness (QED) is 0.669. The summed E-state index contributed by atoms with van der Waals surface area (Å²) in [5, 5.41) is 4.28. The van der Waals surface area contributed by atoms with E-state index in [0.29, 0.717) is 22.7 Å². The molecule has 0 aliphatic carbocycles. The Morgan fingerprint density at radius 1 is 1.21 bits per heavy atom. The monoisotopic (exact) mass is 410 g/mol. The molecule has 1 N–H and O–H groups in total. The molecule has 29 heavy (non-hydrogen) atoms. The first-order valence-corrected chi connectivity index (χ1v) is 10.1. The van der Waals surface area contributed by atoms with Gasteiger partial charge in [-0.05, 0) is 62.6 Å². The smallest absolute Gasteiger partial charge is 0.256 e. The number of hydrogen-bond acceptors (Lipinski definition) is 4. The summed E-state index contributed by atoms with van der Waals surface area (Å²) in [6, 6.07) is 13.1. The fourth-order valence-electron chi connectivity index (χ4n) is 3.49. The van der Waals surface area contributed by atoms with Crippen LogP contribution in [0.3, 0.4) is 0 Å². The van der Waals surface area contributed by atoms with Crippen molar-refractivity contribution in [2.75, 3.05) is 13.2 Å². The highest BCUT2D eigenvalue weighted by Gasteiger charge is 2.18. The molecule has 3 aromatic rings. The summed E-state index contributed by atoms with van der Waals surface area (Å²) in [5.41, 5.74) is 4.20. The lowest BCUT2D eigenvalue weighted by Crippen LogP contribution is -2.34. The van der Waals surface area contributed by atoms with Crippen molar-refractivity contribution < 1.29 is 13.9 Å². The molecule has 0 spiro atoms. The van der Waals surface area contributed by atoms with Gasteiger partial charge in [0.15, 0.2) is 0 Å². The van der Waals surface area contributed by atoms with Gasteiger partial charge >= 0.3 is 0 Å². The lowest BCUT2D eigenvalue weighted by Gasteiger charge is -2.11. The minimum atomic E-state index is -0.241. The summed E-state index contributed by atoms with van der Waals surface area (Å²) >= 11 is 6.12. The van der Waals surface area contributed by atoms with Gasteiger partial charge in [-0.15, -0.1) is 0 Å². The van der Waals surface area contributed by atoms with E-state index in [1.165, 1.54) is 0 Å². The Morgan fingerprint density at radius 3 is 2.83 bits per heavy atom. The number of halogens is 1. The Balaban J connectivity index is 1.78. The summed E-state index contributed by atoms with van der Waals surface area (Å²) in [5.74, 6) is -0.241. The predicted octanol–water partition coefficient (Wildman–Crippen LogP) is 4.84. The average Bonchev–Trinajstić information content (AvgIpc) is 3.21. The second-order valence-corrected chi connectivity index (χ2v) is 7.83. The minimum Gasteiger partial charge on any atom is -0.438 e. The van der Waals surface area contributed by atoms with E-state index < -0.39 is 0 Å². The van der Waals surface area contributed by atoms with Gasteiger partial charge in [-0.2, -0.15) is 0 Å². The van der Waals surface area contributed by atoms with Crippen molar-refractivity contribution in [1.29, 1.82) is 0 Å². The van der Waals surface area contributed by atoms with Crippen LogP contribution in [0.5, 0.6) is 0 Å². The zero-order chi connectivity index (χ0) is 20.4. The lowest BCUT2D eigenvalue weighted by atomic mass is 10.1. The number of benzene rings is 2. The summed E-state index contributed by atoms with van der Waals surface area (Å²) in [6.07, 6.45) is 2.04. The van der Waals surface area contributed by atoms with Crippen LogP contribution in [0.2, 0.25) is 5.02 Å². The molecule has 4 rings (SSSR count). The number of carbonyl (C=O) groups excluding carboxylic acids is 1. The standard InChI is InChI=1S/C23H23ClN2O3/c1-14-5-7-20(15(2)10-14)26-23-19(22(27)25-13-18-4-3-9-28-18)12-16-11-17(24)6-8-21(16)29-23/h5-8,10-12,18H,3-4,9,13H2,1-2H3,(H,25,27). The molecule has 6 heteroatoms. The number of ether oxygens (including phenoxy) is 1. The Hall–Kier alpha value is -2.63. The molecule has 1 fully saturated rings. The molecule has 1 aliphatic rings. The molecule has 1 atom stereocenters. The van der Waals surface area contributed by atoms with E-state index in [-0.39, 0.29) is 17.6 Å². The Bertz CT molecular complexity index is 1130. The first-order valence-electron chi connectivity index (χ1n) is 9.75. The van der Waals surface area contributed by atoms with Crippen LogP contribution in [0.15, 0.2) is 51.9 Å². The highest BCUT2D eigenvalue weighted by Crippen LogP contribution is 2.22. The van der Waals surface area contributed by atoms with E-state index in [0.717, 1.165) is 41.6 Å². The van der Waals surface area contributed by atoms with E-state index in [2.05, 4.69) is 16.4 Å². The second-order valence-electron chi connectivity index (χ2n) is 7.39. The van der Waals surface area contributed by atoms with E-state index in [4.69, 9.17) is 20.8 Å². The van der Waals surface area contributed by atoms with Gasteiger partial charge in [0, 0.05) is 23.6 Å². The molecule has 2 heterocycles. The Labute approximate surface area is 174 Å². The summed E-state index contributed by atoms with van der Waals surface area (Å²) in [7, 11) is 0. The van der Waals surface area contributed by atoms with Crippen LogP contribution in [-0.4, -0.2) is 25.2 Å². The predicted molar refractivity (Wildman–Crippen MR) is 114 cm³/mol. The van der Waals surface area contributed by atoms with Gasteiger partial charge in [0.25, 0.3) is 5.91 Å². The molecule has 1 amide bonds. The van der Waals surface area contributed by atoms with E-state index in [1.54, 1.807) is 24.3 Å². The number of rotatable bonds is 4. The zero-order valence-electron chi connectivity index (χ0n) is 16.5. The van der Waals surface area contributed by atoms with Gasteiger partial charge in [0.05, 0.1) is 11.8 Å². The van der Waals surface area contributed by atoms with Crippen LogP contribution in [0.4, 0.5) is 5.69 Å². The maximum atomic E-state index is 13.0. The highest BCUT2D eigenvalue weighted by molar-refractivity contribution is 6.31. The average molecular weight is 411 g/mol. The highest BCUT2D eigenvalue weighted by atomic mass is 35.5. The maximum absolute atomic E-state index is 13.0. The van der Waals surface area contributed by atoms with Crippen LogP contribution in [0, 0.1) is 13.8 Å². The van der Waals surface area contributed by atoms with Crippen molar-refractivity contribution in [3.05, 3.63) is 69.7 Å². The zero-order valence-corrected chi connectivity index (χ0v) is 17.3. The van der Waals surface area contributed by atoms with Gasteiger partial charge < -0.3 is 14.5 Å². The van der Waals surface area contributed by atoms with E-state index in [9.17, 15) is 4.79 Å². The first-order chi connectivity index (χ1) is 14.0. The molecule has 1 aromatic heterocycles. The molecule has 1 aliphatic heterocycles. The molecule has 150 valence electrons. The molecule has 0 saturated carbocycles. The van der Waals surface area contributed by atoms with Crippen molar-refractivity contribution in [2.24, 2.45) is 4.99 Å². The number of fused-ring (bicyclic) bond motifs is 1. The fourth-order valence-corrected chi connectivity index (χ4v) is 3.68. The minimum absolute atomic E-state index is 0.0607. The molecule has 2 aromatic carbocycles. The molecular weight excluding hydrogens is 388 g/mol. The number of nitrogens with one attached hydrogen (secondary N) is 1. The molecule has 5 nitrogen and oxygen atoms in total. The van der Waals surface area contributed by atoms with Crippen molar-refractivity contribution in [1.82, 2.24) is 5.32 Å². The molecule has 0 bridgehead atoms. The first kappa shape index (κ1) is 19.7. The number of amides is 1. The largest absolute Gasteiger partial charge is 0.438 e. The van der Waals surface area contributed by atoms with Gasteiger partial charge in [-0.25, -0.2) is 4.99 Å². The normalized spacial score (nSPS) is 17.1. The third-order valence-corrected chi connectivity index (χ3v) is 5.28. The Kier molecular flexibility index (Phi) is 5.69. The van der Waals surface area contributed by atoms with Crippen LogP contribution in [0.1, 0.15) is 34.3 Å². The number of nitrogens with zero attached hydrogens (tertiary/aromatic N) is 1. The Morgan fingerprint density at radius 2 is 2.07 bits per heavy atom. The van der Waals surface area contributed by atoms with Crippen LogP contribution in [0.25, 0.3) is 11.0 Å². The van der Waals surface area contributed by atoms with Crippen LogP contribution in [-0.2, 0) is 4.74 Å². The van der Waals surface area contributed by atoms with Crippen LogP contribution < -0.4 is 10.9 Å². The number of carbonyl (C=O) groups is 1. The number of hydrogen-bond donors (Lipinski definition) is 1. The van der Waals surface area contributed by atoms with Gasteiger partial charge in [-0.1, -0.05) is 29.3 Å². The van der Waals surface area contributed by atoms with Gasteiger partial charge in [-0.3, -0.25) is 4.79 Å². The summed E-state index contributed by atoms with van der Waals surface area (Å²) < 4.78 is 11.6. The molecular formula is C23H23ClN2O3. The SMILES string of the molecule is Cc1ccc(N=c2oc3ccc(Cl)cc3cc2C(=O)NCC2CCCO2)c(C)c1. The topological polar surface area (TPSA) is 63.8 Å². The summed E-state index contributed by atoms with van der Waals surface area (Å²) in [4.78, 5) is 17.6. The fraction of sp³-hybridized carbons (Fsp3) is 0.304. The van der Waals surface area contributed by atoms with Gasteiger partial charge in [0.2, 0.25) is 5.55 Å². The molecule has 1 unspecified atom stereocenters. The maximum Gasteiger partial charge on any atom is 0.256 e. The van der Waals surface area contributed by atoms with Crippen molar-refractivity contribution in [3.8, 4) is 0 Å². The van der Waals surface area contributed by atoms with Gasteiger partial charge in [0.1, 0.15) is 11.1 Å². The molecule has 1 saturated heterocycles. The lowest BCUT2D eigenvalue weighted by molar-refractivity contribution is 0.0854. The van der Waals surface area contributed by atoms with E-state index >= 15 is 0 Å². The van der Waals surface area contributed by atoms with Crippen molar-refractivity contribution in [2.45, 2.75) is 32.8 Å². The molecule has 0 radical (unpaired) electrons. The number of aryl methyl sites for hydroxylation is 2. The third-order valence-electron chi connectivity index (χ3n) is 5.04. The third kappa shape index (κ3) is 4.52. The van der Waals surface area contributed by atoms with Crippen molar-refractivity contribution in [3.63, 3.8) is 0 Å². The second kappa shape index (κ2) is 8.39. The van der Waals surface area contributed by atoms with E-state index in [1.807, 2.05) is 26.0 Å². The van der Waals surface area contributed by atoms with Crippen LogP contribution >= 0.6 is 11.6 Å².